The van der Waals surface area contributed by atoms with Crippen LogP contribution in [-0.2, 0) is 9.53 Å². The van der Waals surface area contributed by atoms with Gasteiger partial charge in [0.15, 0.2) is 11.9 Å². The standard InChI is InChI=1S/C12H18N2O3/c1-8(2)14-7-10(6-13-14)17-11(9-4-5-9)12(15)16-3/h6-9,11H,4-5H2,1-3H3. The van der Waals surface area contributed by atoms with Crippen LogP contribution in [0.15, 0.2) is 12.4 Å². The molecule has 5 heteroatoms. The Bertz CT molecular complexity index is 396. The van der Waals surface area contributed by atoms with Gasteiger partial charge in [0, 0.05) is 12.0 Å². The topological polar surface area (TPSA) is 53.4 Å². The molecule has 1 saturated carbocycles. The second-order valence-electron chi connectivity index (χ2n) is 4.65. The van der Waals surface area contributed by atoms with E-state index in [1.54, 1.807) is 10.9 Å². The van der Waals surface area contributed by atoms with Crippen LogP contribution in [0.2, 0.25) is 0 Å². The van der Waals surface area contributed by atoms with Crippen LogP contribution in [0.4, 0.5) is 0 Å². The smallest absolute Gasteiger partial charge is 0.347 e. The molecular weight excluding hydrogens is 220 g/mol. The summed E-state index contributed by atoms with van der Waals surface area (Å²) in [5.41, 5.74) is 0. The molecule has 0 amide bonds. The van der Waals surface area contributed by atoms with Crippen molar-refractivity contribution in [3.05, 3.63) is 12.4 Å². The third-order valence-electron chi connectivity index (χ3n) is 2.85. The number of ether oxygens (including phenoxy) is 2. The van der Waals surface area contributed by atoms with Crippen LogP contribution in [0.5, 0.6) is 5.75 Å². The molecule has 1 fully saturated rings. The van der Waals surface area contributed by atoms with E-state index in [-0.39, 0.29) is 12.0 Å². The predicted octanol–water partition coefficient (Wildman–Crippen LogP) is 1.79. The zero-order valence-corrected chi connectivity index (χ0v) is 10.4. The second-order valence-corrected chi connectivity index (χ2v) is 4.65. The molecule has 0 spiro atoms. The van der Waals surface area contributed by atoms with Gasteiger partial charge in [-0.05, 0) is 26.7 Å². The van der Waals surface area contributed by atoms with Crippen LogP contribution >= 0.6 is 0 Å². The second kappa shape index (κ2) is 4.77. The van der Waals surface area contributed by atoms with Gasteiger partial charge in [0.1, 0.15) is 0 Å². The minimum atomic E-state index is -0.482. The average Bonchev–Trinajstić information content (AvgIpc) is 3.03. The molecule has 5 nitrogen and oxygen atoms in total. The summed E-state index contributed by atoms with van der Waals surface area (Å²) in [5.74, 6) is 0.621. The van der Waals surface area contributed by atoms with Crippen molar-refractivity contribution in [3.8, 4) is 5.75 Å². The Morgan fingerprint density at radius 1 is 1.53 bits per heavy atom. The van der Waals surface area contributed by atoms with Crippen molar-refractivity contribution in [1.29, 1.82) is 0 Å². The molecule has 94 valence electrons. The first-order valence-corrected chi connectivity index (χ1v) is 5.90. The van der Waals surface area contributed by atoms with Crippen molar-refractivity contribution in [2.24, 2.45) is 5.92 Å². The zero-order valence-electron chi connectivity index (χ0n) is 10.4. The lowest BCUT2D eigenvalue weighted by molar-refractivity contribution is -0.149. The Morgan fingerprint density at radius 3 is 2.71 bits per heavy atom. The number of hydrogen-bond acceptors (Lipinski definition) is 4. The Morgan fingerprint density at radius 2 is 2.24 bits per heavy atom. The summed E-state index contributed by atoms with van der Waals surface area (Å²) in [6.45, 7) is 4.07. The number of nitrogens with zero attached hydrogens (tertiary/aromatic N) is 2. The summed E-state index contributed by atoms with van der Waals surface area (Å²) in [6.07, 6.45) is 5.02. The molecule has 0 bridgehead atoms. The van der Waals surface area contributed by atoms with E-state index in [1.807, 2.05) is 20.0 Å². The van der Waals surface area contributed by atoms with E-state index < -0.39 is 6.10 Å². The Labute approximate surface area is 101 Å². The number of methoxy groups -OCH3 is 1. The first-order valence-electron chi connectivity index (χ1n) is 5.90. The summed E-state index contributed by atoms with van der Waals surface area (Å²) >= 11 is 0. The van der Waals surface area contributed by atoms with Crippen LogP contribution in [0, 0.1) is 5.92 Å². The number of esters is 1. The maximum absolute atomic E-state index is 11.6. The highest BCUT2D eigenvalue weighted by molar-refractivity contribution is 5.75. The van der Waals surface area contributed by atoms with E-state index in [9.17, 15) is 4.79 Å². The minimum Gasteiger partial charge on any atom is -0.475 e. The summed E-state index contributed by atoms with van der Waals surface area (Å²) in [6, 6.07) is 0.282. The van der Waals surface area contributed by atoms with Gasteiger partial charge in [-0.25, -0.2) is 4.79 Å². The fraction of sp³-hybridized carbons (Fsp3) is 0.667. The molecule has 1 unspecified atom stereocenters. The molecule has 1 atom stereocenters. The van der Waals surface area contributed by atoms with E-state index in [4.69, 9.17) is 9.47 Å². The number of rotatable bonds is 5. The van der Waals surface area contributed by atoms with Gasteiger partial charge >= 0.3 is 5.97 Å². The molecule has 1 aromatic heterocycles. The Balaban J connectivity index is 2.03. The summed E-state index contributed by atoms with van der Waals surface area (Å²) in [4.78, 5) is 11.6. The highest BCUT2D eigenvalue weighted by atomic mass is 16.6. The molecule has 0 aliphatic heterocycles. The van der Waals surface area contributed by atoms with E-state index in [0.717, 1.165) is 12.8 Å². The van der Waals surface area contributed by atoms with Gasteiger partial charge in [-0.2, -0.15) is 5.10 Å². The largest absolute Gasteiger partial charge is 0.475 e. The van der Waals surface area contributed by atoms with E-state index in [0.29, 0.717) is 11.7 Å². The SMILES string of the molecule is COC(=O)C(Oc1cnn(C(C)C)c1)C1CC1. The molecule has 1 aliphatic carbocycles. The summed E-state index contributed by atoms with van der Waals surface area (Å²) in [7, 11) is 1.39. The molecule has 2 rings (SSSR count). The lowest BCUT2D eigenvalue weighted by atomic mass is 10.2. The van der Waals surface area contributed by atoms with Crippen molar-refractivity contribution in [2.45, 2.75) is 38.8 Å². The van der Waals surface area contributed by atoms with Crippen LogP contribution in [-0.4, -0.2) is 29.0 Å². The normalized spacial score (nSPS) is 16.9. The van der Waals surface area contributed by atoms with Gasteiger partial charge in [0.05, 0.1) is 19.5 Å². The van der Waals surface area contributed by atoms with Crippen LogP contribution in [0.3, 0.4) is 0 Å². The van der Waals surface area contributed by atoms with Crippen molar-refractivity contribution in [2.75, 3.05) is 7.11 Å². The molecule has 1 aliphatic rings. The van der Waals surface area contributed by atoms with E-state index in [2.05, 4.69) is 5.10 Å². The maximum atomic E-state index is 11.6. The third-order valence-corrected chi connectivity index (χ3v) is 2.85. The van der Waals surface area contributed by atoms with Crippen molar-refractivity contribution < 1.29 is 14.3 Å². The van der Waals surface area contributed by atoms with Gasteiger partial charge in [0.25, 0.3) is 0 Å². The lowest BCUT2D eigenvalue weighted by Crippen LogP contribution is -2.30. The van der Waals surface area contributed by atoms with E-state index in [1.165, 1.54) is 7.11 Å². The van der Waals surface area contributed by atoms with Crippen LogP contribution < -0.4 is 4.74 Å². The van der Waals surface area contributed by atoms with Crippen LogP contribution in [0.25, 0.3) is 0 Å². The van der Waals surface area contributed by atoms with Gasteiger partial charge in [-0.1, -0.05) is 0 Å². The first kappa shape index (κ1) is 12.0. The molecule has 1 aromatic rings. The van der Waals surface area contributed by atoms with Gasteiger partial charge < -0.3 is 9.47 Å². The molecule has 17 heavy (non-hydrogen) atoms. The summed E-state index contributed by atoms with van der Waals surface area (Å²) < 4.78 is 12.2. The molecule has 0 aromatic carbocycles. The third kappa shape index (κ3) is 2.78. The number of hydrogen-bond donors (Lipinski definition) is 0. The molecule has 1 heterocycles. The average molecular weight is 238 g/mol. The zero-order chi connectivity index (χ0) is 12.4. The minimum absolute atomic E-state index is 0.282. The highest BCUT2D eigenvalue weighted by Gasteiger charge is 2.39. The monoisotopic (exact) mass is 238 g/mol. The maximum Gasteiger partial charge on any atom is 0.347 e. The van der Waals surface area contributed by atoms with E-state index >= 15 is 0 Å². The first-order chi connectivity index (χ1) is 8.11. The fourth-order valence-corrected chi connectivity index (χ4v) is 1.66. The Kier molecular flexibility index (Phi) is 3.36. The van der Waals surface area contributed by atoms with Gasteiger partial charge in [-0.15, -0.1) is 0 Å². The van der Waals surface area contributed by atoms with Crippen molar-refractivity contribution in [3.63, 3.8) is 0 Å². The quantitative estimate of drug-likeness (QED) is 0.734. The lowest BCUT2D eigenvalue weighted by Gasteiger charge is -2.14. The molecular formula is C12H18N2O3. The van der Waals surface area contributed by atoms with Gasteiger partial charge in [-0.3, -0.25) is 4.68 Å². The van der Waals surface area contributed by atoms with Crippen molar-refractivity contribution in [1.82, 2.24) is 9.78 Å². The molecule has 0 saturated heterocycles. The number of carbonyl (C=O) groups is 1. The fourth-order valence-electron chi connectivity index (χ4n) is 1.66. The van der Waals surface area contributed by atoms with Crippen molar-refractivity contribution >= 4 is 5.97 Å². The summed E-state index contributed by atoms with van der Waals surface area (Å²) in [5, 5.41) is 4.17. The highest BCUT2D eigenvalue weighted by Crippen LogP contribution is 2.35. The van der Waals surface area contributed by atoms with Crippen LogP contribution in [0.1, 0.15) is 32.7 Å². The Hall–Kier alpha value is -1.52. The molecule has 0 radical (unpaired) electrons. The number of aromatic nitrogens is 2. The predicted molar refractivity (Wildman–Crippen MR) is 61.8 cm³/mol. The van der Waals surface area contributed by atoms with Gasteiger partial charge in [0.2, 0.25) is 0 Å². The number of carbonyl (C=O) groups excluding carboxylic acids is 1. The molecule has 0 N–H and O–H groups in total.